The molecule has 0 aliphatic heterocycles. The lowest BCUT2D eigenvalue weighted by atomic mass is 10.2. The van der Waals surface area contributed by atoms with Crippen molar-refractivity contribution < 1.29 is 13.2 Å². The van der Waals surface area contributed by atoms with Gasteiger partial charge in [0.25, 0.3) is 11.5 Å². The Morgan fingerprint density at radius 3 is 2.61 bits per heavy atom. The summed E-state index contributed by atoms with van der Waals surface area (Å²) in [7, 11) is -3.86. The third-order valence-corrected chi connectivity index (χ3v) is 5.39. The van der Waals surface area contributed by atoms with Gasteiger partial charge in [-0.15, -0.1) is 0 Å². The fourth-order valence-electron chi connectivity index (χ4n) is 2.33. The topological polar surface area (TPSA) is 120 Å². The Kier molecular flexibility index (Phi) is 5.88. The third kappa shape index (κ3) is 4.83. The van der Waals surface area contributed by atoms with Gasteiger partial charge >= 0.3 is 0 Å². The predicted octanol–water partition coefficient (Wildman–Crippen LogP) is 1.61. The van der Waals surface area contributed by atoms with Crippen LogP contribution in [0.4, 0.5) is 0 Å². The number of carbonyl (C=O) groups excluding carboxylic acids is 1. The van der Waals surface area contributed by atoms with E-state index in [4.69, 9.17) is 11.6 Å². The minimum atomic E-state index is -3.86. The van der Waals surface area contributed by atoms with Crippen LogP contribution in [-0.2, 0) is 14.8 Å². The van der Waals surface area contributed by atoms with Crippen molar-refractivity contribution in [3.05, 3.63) is 75.5 Å². The zero-order valence-electron chi connectivity index (χ0n) is 14.3. The Morgan fingerprint density at radius 1 is 1.14 bits per heavy atom. The van der Waals surface area contributed by atoms with Crippen LogP contribution in [0, 0.1) is 0 Å². The third-order valence-electron chi connectivity index (χ3n) is 3.72. The largest absolute Gasteiger partial charge is 0.321 e. The number of hydrogen-bond acceptors (Lipinski definition) is 5. The first kappa shape index (κ1) is 19.7. The summed E-state index contributed by atoms with van der Waals surface area (Å²) in [6.45, 7) is -0.517. The normalized spacial score (nSPS) is 11.8. The van der Waals surface area contributed by atoms with E-state index in [0.29, 0.717) is 10.5 Å². The van der Waals surface area contributed by atoms with Crippen molar-refractivity contribution in [2.24, 2.45) is 5.10 Å². The molecule has 0 aliphatic carbocycles. The first-order valence-electron chi connectivity index (χ1n) is 8.04. The predicted molar refractivity (Wildman–Crippen MR) is 107 cm³/mol. The van der Waals surface area contributed by atoms with Gasteiger partial charge in [-0.3, -0.25) is 9.59 Å². The number of halogens is 1. The number of aromatic amines is 1. The number of sulfonamides is 1. The molecule has 0 radical (unpaired) electrons. The van der Waals surface area contributed by atoms with E-state index in [-0.39, 0.29) is 16.0 Å². The van der Waals surface area contributed by atoms with Gasteiger partial charge in [-0.05, 0) is 41.8 Å². The molecule has 0 saturated carbocycles. The maximum absolute atomic E-state index is 12.1. The molecule has 0 bridgehead atoms. The summed E-state index contributed by atoms with van der Waals surface area (Å²) in [5, 5.41) is 4.91. The molecule has 1 aromatic heterocycles. The van der Waals surface area contributed by atoms with Crippen LogP contribution in [0.3, 0.4) is 0 Å². The van der Waals surface area contributed by atoms with E-state index in [2.05, 4.69) is 20.2 Å². The molecule has 28 heavy (non-hydrogen) atoms. The number of aromatic nitrogens is 1. The van der Waals surface area contributed by atoms with Crippen molar-refractivity contribution in [3.8, 4) is 0 Å². The molecular formula is C18H15ClN4O4S. The van der Waals surface area contributed by atoms with E-state index in [9.17, 15) is 18.0 Å². The number of hydrogen-bond donors (Lipinski definition) is 3. The number of amides is 1. The molecule has 3 aromatic rings. The first-order valence-corrected chi connectivity index (χ1v) is 9.90. The number of nitrogens with one attached hydrogen (secondary N) is 3. The van der Waals surface area contributed by atoms with E-state index >= 15 is 0 Å². The SMILES string of the molecule is O=C(CNS(=O)(=O)c1ccc(Cl)cc1)N/N=C\c1cc2ccccc2[nH]c1=O. The summed E-state index contributed by atoms with van der Waals surface area (Å²) in [5.74, 6) is -0.689. The average molecular weight is 419 g/mol. The maximum atomic E-state index is 12.1. The highest BCUT2D eigenvalue weighted by Gasteiger charge is 2.15. The molecule has 1 heterocycles. The van der Waals surface area contributed by atoms with Gasteiger partial charge in [-0.2, -0.15) is 5.10 Å². The van der Waals surface area contributed by atoms with E-state index in [1.165, 1.54) is 30.5 Å². The lowest BCUT2D eigenvalue weighted by Crippen LogP contribution is -2.35. The Bertz CT molecular complexity index is 1200. The minimum absolute atomic E-state index is 0.0177. The highest BCUT2D eigenvalue weighted by atomic mass is 35.5. The molecule has 0 atom stereocenters. The number of rotatable bonds is 6. The average Bonchev–Trinajstić information content (AvgIpc) is 2.67. The lowest BCUT2D eigenvalue weighted by Gasteiger charge is -2.06. The van der Waals surface area contributed by atoms with Crippen LogP contribution in [0.5, 0.6) is 0 Å². The second-order valence-corrected chi connectivity index (χ2v) is 7.92. The molecule has 3 N–H and O–H groups in total. The number of carbonyl (C=O) groups is 1. The van der Waals surface area contributed by atoms with E-state index in [1.54, 1.807) is 18.2 Å². The molecule has 1 amide bonds. The van der Waals surface area contributed by atoms with Crippen molar-refractivity contribution in [1.29, 1.82) is 0 Å². The fraction of sp³-hybridized carbons (Fsp3) is 0.0556. The molecular weight excluding hydrogens is 404 g/mol. The van der Waals surface area contributed by atoms with E-state index in [1.807, 2.05) is 12.1 Å². The summed E-state index contributed by atoms with van der Waals surface area (Å²) in [5.41, 5.74) is 2.74. The molecule has 0 saturated heterocycles. The Balaban J connectivity index is 1.60. The first-order chi connectivity index (χ1) is 13.3. The number of pyridine rings is 1. The van der Waals surface area contributed by atoms with Crippen LogP contribution < -0.4 is 15.7 Å². The monoisotopic (exact) mass is 418 g/mol. The number of nitrogens with zero attached hydrogens (tertiary/aromatic N) is 1. The van der Waals surface area contributed by atoms with Crippen LogP contribution >= 0.6 is 11.6 Å². The molecule has 0 spiro atoms. The molecule has 0 fully saturated rings. The van der Waals surface area contributed by atoms with Crippen LogP contribution in [-0.4, -0.2) is 32.1 Å². The van der Waals surface area contributed by atoms with Crippen molar-refractivity contribution in [2.75, 3.05) is 6.54 Å². The number of para-hydroxylation sites is 1. The zero-order chi connectivity index (χ0) is 20.1. The summed E-state index contributed by atoms with van der Waals surface area (Å²) in [6.07, 6.45) is 1.19. The molecule has 0 unspecified atom stereocenters. The van der Waals surface area contributed by atoms with Crippen LogP contribution in [0.15, 0.2) is 69.4 Å². The highest BCUT2D eigenvalue weighted by Crippen LogP contribution is 2.13. The quantitative estimate of drug-likeness (QED) is 0.416. The van der Waals surface area contributed by atoms with Gasteiger partial charge in [0.05, 0.1) is 23.2 Å². The van der Waals surface area contributed by atoms with Crippen LogP contribution in [0.2, 0.25) is 5.02 Å². The molecule has 0 aliphatic rings. The highest BCUT2D eigenvalue weighted by molar-refractivity contribution is 7.89. The van der Waals surface area contributed by atoms with Crippen LogP contribution in [0.25, 0.3) is 10.9 Å². The summed E-state index contributed by atoms with van der Waals surface area (Å²) in [6, 6.07) is 14.4. The van der Waals surface area contributed by atoms with Gasteiger partial charge in [0, 0.05) is 10.5 Å². The van der Waals surface area contributed by atoms with Gasteiger partial charge in [0.1, 0.15) is 0 Å². The van der Waals surface area contributed by atoms with Crippen molar-refractivity contribution in [2.45, 2.75) is 4.90 Å². The van der Waals surface area contributed by atoms with E-state index < -0.39 is 22.5 Å². The second-order valence-electron chi connectivity index (χ2n) is 5.71. The molecule has 144 valence electrons. The smallest absolute Gasteiger partial charge is 0.257 e. The summed E-state index contributed by atoms with van der Waals surface area (Å²) >= 11 is 5.72. The standard InChI is InChI=1S/C18H15ClN4O4S/c19-14-5-7-15(8-6-14)28(26,27)21-11-17(24)23-20-10-13-9-12-3-1-2-4-16(12)22-18(13)25/h1-10,21H,11H2,(H,22,25)(H,23,24)/b20-10-. The summed E-state index contributed by atoms with van der Waals surface area (Å²) < 4.78 is 26.3. The van der Waals surface area contributed by atoms with Gasteiger partial charge in [-0.1, -0.05) is 29.8 Å². The molecule has 10 heteroatoms. The maximum Gasteiger partial charge on any atom is 0.257 e. The number of benzene rings is 2. The lowest BCUT2D eigenvalue weighted by molar-refractivity contribution is -0.119. The minimum Gasteiger partial charge on any atom is -0.321 e. The van der Waals surface area contributed by atoms with Gasteiger partial charge < -0.3 is 4.98 Å². The molecule has 2 aromatic carbocycles. The fourth-order valence-corrected chi connectivity index (χ4v) is 3.44. The number of H-pyrrole nitrogens is 1. The molecule has 8 nitrogen and oxygen atoms in total. The Hall–Kier alpha value is -3.01. The van der Waals surface area contributed by atoms with Gasteiger partial charge in [0.15, 0.2) is 0 Å². The second kappa shape index (κ2) is 8.34. The van der Waals surface area contributed by atoms with Gasteiger partial charge in [0.2, 0.25) is 10.0 Å². The van der Waals surface area contributed by atoms with Crippen molar-refractivity contribution >= 4 is 44.6 Å². The van der Waals surface area contributed by atoms with Crippen molar-refractivity contribution in [1.82, 2.24) is 15.1 Å². The van der Waals surface area contributed by atoms with Crippen LogP contribution in [0.1, 0.15) is 5.56 Å². The zero-order valence-corrected chi connectivity index (χ0v) is 15.9. The van der Waals surface area contributed by atoms with Gasteiger partial charge in [-0.25, -0.2) is 18.6 Å². The van der Waals surface area contributed by atoms with E-state index in [0.717, 1.165) is 5.39 Å². The van der Waals surface area contributed by atoms with Crippen molar-refractivity contribution in [3.63, 3.8) is 0 Å². The number of hydrazone groups is 1. The number of fused-ring (bicyclic) bond motifs is 1. The Labute approximate surface area is 165 Å². The molecule has 3 rings (SSSR count). The summed E-state index contributed by atoms with van der Waals surface area (Å²) in [4.78, 5) is 26.5. The Morgan fingerprint density at radius 2 is 1.86 bits per heavy atom.